The third-order valence-corrected chi connectivity index (χ3v) is 14.5. The number of aliphatic hydroxyl groups is 2. The third-order valence-electron chi connectivity index (χ3n) is 14.5. The Hall–Kier alpha value is -3.34. The maximum Gasteiger partial charge on any atom is 0.336 e. The fourth-order valence-electron chi connectivity index (χ4n) is 11.8. The van der Waals surface area contributed by atoms with Crippen molar-refractivity contribution in [3.05, 3.63) is 94.6 Å². The summed E-state index contributed by atoms with van der Waals surface area (Å²) in [5.74, 6) is -1.19. The number of esters is 2. The van der Waals surface area contributed by atoms with Crippen LogP contribution < -0.4 is 0 Å². The molecule has 0 saturated heterocycles. The number of hydrogen-bond acceptors (Lipinski definition) is 9. The summed E-state index contributed by atoms with van der Waals surface area (Å²) in [7, 11) is 0. The highest BCUT2D eigenvalue weighted by Crippen LogP contribution is 2.74. The molecule has 4 saturated carbocycles. The Balaban J connectivity index is 1.27. The van der Waals surface area contributed by atoms with Crippen LogP contribution in [0.2, 0.25) is 0 Å². The number of carbonyl (C=O) groups excluding carboxylic acids is 2. The molecule has 306 valence electrons. The van der Waals surface area contributed by atoms with Gasteiger partial charge >= 0.3 is 11.9 Å². The number of carbonyl (C=O) groups is 2. The Morgan fingerprint density at radius 1 is 0.857 bits per heavy atom. The van der Waals surface area contributed by atoms with Gasteiger partial charge in [0, 0.05) is 17.9 Å². The van der Waals surface area contributed by atoms with Crippen molar-refractivity contribution in [2.75, 3.05) is 13.6 Å². The van der Waals surface area contributed by atoms with Crippen LogP contribution in [0.3, 0.4) is 0 Å². The number of benzene rings is 2. The first kappa shape index (κ1) is 42.3. The van der Waals surface area contributed by atoms with Gasteiger partial charge in [-0.3, -0.25) is 4.79 Å². The van der Waals surface area contributed by atoms with Gasteiger partial charge in [-0.2, -0.15) is 0 Å². The Kier molecular flexibility index (Phi) is 13.3. The summed E-state index contributed by atoms with van der Waals surface area (Å²) < 4.78 is 29.9. The highest BCUT2D eigenvalue weighted by atomic mass is 16.7. The van der Waals surface area contributed by atoms with E-state index in [0.29, 0.717) is 38.0 Å². The van der Waals surface area contributed by atoms with Crippen LogP contribution in [-0.4, -0.2) is 60.2 Å². The third kappa shape index (κ3) is 8.17. The van der Waals surface area contributed by atoms with Gasteiger partial charge in [0.05, 0.1) is 31.5 Å². The van der Waals surface area contributed by atoms with Gasteiger partial charge < -0.3 is 33.9 Å². The molecule has 0 spiro atoms. The zero-order valence-electron chi connectivity index (χ0n) is 34.5. The Morgan fingerprint density at radius 2 is 1.48 bits per heavy atom. The second-order valence-corrected chi connectivity index (χ2v) is 17.8. The average molecular weight is 773 g/mol. The summed E-state index contributed by atoms with van der Waals surface area (Å²) in [4.78, 5) is 26.9. The molecule has 2 N–H and O–H groups in total. The van der Waals surface area contributed by atoms with Crippen molar-refractivity contribution < 1.29 is 43.5 Å². The molecule has 9 nitrogen and oxygen atoms in total. The molecule has 4 aliphatic carbocycles. The quantitative estimate of drug-likeness (QED) is 0.0641. The lowest BCUT2D eigenvalue weighted by molar-refractivity contribution is -0.289. The molecule has 0 bridgehead atoms. The van der Waals surface area contributed by atoms with Gasteiger partial charge in [-0.15, -0.1) is 0 Å². The topological polar surface area (TPSA) is 121 Å². The number of allylic oxidation sites excluding steroid dienone is 2. The summed E-state index contributed by atoms with van der Waals surface area (Å²) >= 11 is 0. The number of fused-ring (bicyclic) bond motifs is 5. The van der Waals surface area contributed by atoms with E-state index in [1.807, 2.05) is 74.5 Å². The van der Waals surface area contributed by atoms with E-state index in [9.17, 15) is 19.8 Å². The minimum atomic E-state index is -1.04. The maximum atomic E-state index is 14.1. The van der Waals surface area contributed by atoms with Gasteiger partial charge in [0.15, 0.2) is 6.79 Å². The van der Waals surface area contributed by atoms with Crippen molar-refractivity contribution in [1.82, 2.24) is 0 Å². The minimum Gasteiger partial charge on any atom is -0.458 e. The van der Waals surface area contributed by atoms with Crippen molar-refractivity contribution in [2.24, 2.45) is 39.9 Å². The van der Waals surface area contributed by atoms with Gasteiger partial charge in [-0.1, -0.05) is 100 Å². The van der Waals surface area contributed by atoms with E-state index in [2.05, 4.69) is 33.8 Å². The first-order valence-electron chi connectivity index (χ1n) is 20.6. The van der Waals surface area contributed by atoms with E-state index in [1.165, 1.54) is 6.92 Å². The fraction of sp³-hybridized carbons (Fsp3) is 0.617. The lowest BCUT2D eigenvalue weighted by Crippen LogP contribution is -2.71. The van der Waals surface area contributed by atoms with E-state index in [-0.39, 0.29) is 48.8 Å². The van der Waals surface area contributed by atoms with Crippen LogP contribution >= 0.6 is 0 Å². The number of rotatable bonds is 14. The van der Waals surface area contributed by atoms with Crippen LogP contribution in [0.4, 0.5) is 0 Å². The van der Waals surface area contributed by atoms with E-state index in [0.717, 1.165) is 48.0 Å². The van der Waals surface area contributed by atoms with E-state index in [4.69, 9.17) is 23.7 Å². The molecule has 2 aromatic rings. The van der Waals surface area contributed by atoms with Crippen LogP contribution in [0, 0.1) is 39.9 Å². The normalized spacial score (nSPS) is 35.7. The van der Waals surface area contributed by atoms with E-state index < -0.39 is 41.1 Å². The van der Waals surface area contributed by atoms with Crippen molar-refractivity contribution >= 4 is 11.9 Å². The van der Waals surface area contributed by atoms with Gasteiger partial charge in [0.1, 0.15) is 12.9 Å². The summed E-state index contributed by atoms with van der Waals surface area (Å²) in [6, 6.07) is 19.7. The predicted molar refractivity (Wildman–Crippen MR) is 213 cm³/mol. The maximum absolute atomic E-state index is 14.1. The van der Waals surface area contributed by atoms with E-state index in [1.54, 1.807) is 0 Å². The molecule has 9 heteroatoms. The second-order valence-electron chi connectivity index (χ2n) is 17.8. The zero-order valence-corrected chi connectivity index (χ0v) is 34.5. The fourth-order valence-corrected chi connectivity index (χ4v) is 11.8. The lowest BCUT2D eigenvalue weighted by Gasteiger charge is -2.70. The predicted octanol–water partition coefficient (Wildman–Crippen LogP) is 8.47. The average Bonchev–Trinajstić information content (AvgIpc) is 3.45. The molecule has 6 rings (SSSR count). The largest absolute Gasteiger partial charge is 0.458 e. The van der Waals surface area contributed by atoms with Gasteiger partial charge in [0.25, 0.3) is 0 Å². The van der Waals surface area contributed by atoms with Gasteiger partial charge in [-0.05, 0) is 110 Å². The highest BCUT2D eigenvalue weighted by Gasteiger charge is 2.73. The SMILES string of the molecule is CC(=O)OC1CC2(C)C(CCC3C4(C)CCC(OCOCc5ccccc5)C(C)C4C(O)C(O)C32C)C1=C(CCC=C(C)C)C(=O)OCOCc1ccccc1. The molecule has 0 aromatic heterocycles. The van der Waals surface area contributed by atoms with Crippen LogP contribution in [0.1, 0.15) is 105 Å². The van der Waals surface area contributed by atoms with Crippen molar-refractivity contribution in [1.29, 1.82) is 0 Å². The molecule has 2 aromatic carbocycles. The summed E-state index contributed by atoms with van der Waals surface area (Å²) in [6.07, 6.45) is 4.01. The number of aliphatic hydroxyl groups excluding tert-OH is 2. The Morgan fingerprint density at radius 3 is 2.09 bits per heavy atom. The van der Waals surface area contributed by atoms with Crippen molar-refractivity contribution in [3.63, 3.8) is 0 Å². The summed E-state index contributed by atoms with van der Waals surface area (Å²) in [6.45, 7) is 15.0. The Bertz CT molecular complexity index is 1720. The smallest absolute Gasteiger partial charge is 0.336 e. The first-order valence-corrected chi connectivity index (χ1v) is 20.6. The molecule has 0 aliphatic heterocycles. The van der Waals surface area contributed by atoms with Gasteiger partial charge in [0.2, 0.25) is 0 Å². The molecule has 11 unspecified atom stereocenters. The minimum absolute atomic E-state index is 0.0119. The van der Waals surface area contributed by atoms with Gasteiger partial charge in [-0.25, -0.2) is 4.79 Å². The summed E-state index contributed by atoms with van der Waals surface area (Å²) in [5.41, 5.74) is 2.89. The molecule has 0 radical (unpaired) electrons. The molecular formula is C47H64O9. The monoisotopic (exact) mass is 772 g/mol. The van der Waals surface area contributed by atoms with Crippen LogP contribution in [-0.2, 0) is 46.5 Å². The molecular weight excluding hydrogens is 709 g/mol. The molecule has 56 heavy (non-hydrogen) atoms. The standard InChI is InChI=1S/C47H64O9/c1-30(2)15-14-20-35(44(51)55-29-53-27-34-18-12-9-13-19-34)40-36-21-22-39-45(5)24-23-37(54-28-52-26-33-16-10-8-11-17-33)31(3)41(45)42(49)43(50)47(39,7)46(36,6)25-38(40)56-32(4)48/h8-13,15-19,31,36-39,41-43,49-50H,14,20-29H2,1-7H3. The van der Waals surface area contributed by atoms with Crippen LogP contribution in [0.15, 0.2) is 83.5 Å². The molecule has 0 heterocycles. The van der Waals surface area contributed by atoms with E-state index >= 15 is 0 Å². The molecule has 0 amide bonds. The van der Waals surface area contributed by atoms with Crippen molar-refractivity contribution in [3.8, 4) is 0 Å². The number of ether oxygens (including phenoxy) is 5. The molecule has 11 atom stereocenters. The highest BCUT2D eigenvalue weighted by molar-refractivity contribution is 5.90. The summed E-state index contributed by atoms with van der Waals surface area (Å²) in [5, 5.41) is 24.8. The van der Waals surface area contributed by atoms with Crippen LogP contribution in [0.5, 0.6) is 0 Å². The number of hydrogen-bond donors (Lipinski definition) is 2. The zero-order chi connectivity index (χ0) is 40.3. The first-order chi connectivity index (χ1) is 26.7. The lowest BCUT2D eigenvalue weighted by atomic mass is 9.35. The van der Waals surface area contributed by atoms with Crippen molar-refractivity contribution in [2.45, 2.75) is 131 Å². The second kappa shape index (κ2) is 17.7. The molecule has 4 fully saturated rings. The molecule has 4 aliphatic rings. The Labute approximate surface area is 333 Å². The van der Waals surface area contributed by atoms with Crippen LogP contribution in [0.25, 0.3) is 0 Å².